The lowest BCUT2D eigenvalue weighted by molar-refractivity contribution is 0.104. The van der Waals surface area contributed by atoms with Crippen LogP contribution < -0.4 is 11.1 Å². The van der Waals surface area contributed by atoms with Gasteiger partial charge in [-0.15, -0.1) is 11.3 Å². The second kappa shape index (κ2) is 9.04. The van der Waals surface area contributed by atoms with Crippen molar-refractivity contribution in [3.05, 3.63) is 99.7 Å². The Kier molecular flexibility index (Phi) is 6.29. The maximum absolute atomic E-state index is 13.7. The SMILES string of the molecule is Cc1ccc(S(=O)(=O)c2c(Nc3ccc(C)cc3C)sc(C(=O)c3ccc(F)cc3)c2N)cc1. The van der Waals surface area contributed by atoms with Gasteiger partial charge in [0.05, 0.1) is 10.6 Å². The molecule has 5 nitrogen and oxygen atoms in total. The summed E-state index contributed by atoms with van der Waals surface area (Å²) in [5.41, 5.74) is 10.0. The van der Waals surface area contributed by atoms with Gasteiger partial charge in [0.25, 0.3) is 0 Å². The lowest BCUT2D eigenvalue weighted by Crippen LogP contribution is -2.08. The van der Waals surface area contributed by atoms with Crippen LogP contribution in [0.4, 0.5) is 20.8 Å². The van der Waals surface area contributed by atoms with E-state index in [2.05, 4.69) is 5.32 Å². The molecule has 0 saturated heterocycles. The van der Waals surface area contributed by atoms with Crippen LogP contribution in [0.2, 0.25) is 0 Å². The molecule has 1 aromatic heterocycles. The number of ketones is 1. The molecule has 0 aliphatic heterocycles. The Morgan fingerprint density at radius 1 is 0.912 bits per heavy atom. The summed E-state index contributed by atoms with van der Waals surface area (Å²) in [6.45, 7) is 5.74. The van der Waals surface area contributed by atoms with Crippen LogP contribution in [0.5, 0.6) is 0 Å². The molecule has 0 fully saturated rings. The molecule has 174 valence electrons. The molecule has 1 heterocycles. The van der Waals surface area contributed by atoms with Gasteiger partial charge in [0.1, 0.15) is 20.6 Å². The largest absolute Gasteiger partial charge is 0.396 e. The molecule has 4 aromatic rings. The molecule has 4 rings (SSSR count). The van der Waals surface area contributed by atoms with E-state index < -0.39 is 21.4 Å². The molecular weight excluding hydrogens is 471 g/mol. The zero-order valence-electron chi connectivity index (χ0n) is 18.8. The van der Waals surface area contributed by atoms with Crippen molar-refractivity contribution >= 4 is 43.3 Å². The van der Waals surface area contributed by atoms with E-state index in [4.69, 9.17) is 5.73 Å². The highest BCUT2D eigenvalue weighted by atomic mass is 32.2. The quantitative estimate of drug-likeness (QED) is 0.312. The highest BCUT2D eigenvalue weighted by Crippen LogP contribution is 2.44. The zero-order valence-corrected chi connectivity index (χ0v) is 20.5. The predicted octanol–water partition coefficient (Wildman–Crippen LogP) is 6.20. The van der Waals surface area contributed by atoms with Gasteiger partial charge in [0, 0.05) is 11.3 Å². The van der Waals surface area contributed by atoms with Crippen LogP contribution in [-0.2, 0) is 9.84 Å². The van der Waals surface area contributed by atoms with Gasteiger partial charge < -0.3 is 11.1 Å². The number of hydrogen-bond acceptors (Lipinski definition) is 6. The van der Waals surface area contributed by atoms with Gasteiger partial charge in [-0.1, -0.05) is 35.4 Å². The van der Waals surface area contributed by atoms with E-state index in [1.54, 1.807) is 12.1 Å². The van der Waals surface area contributed by atoms with Gasteiger partial charge in [-0.2, -0.15) is 0 Å². The second-order valence-electron chi connectivity index (χ2n) is 8.10. The second-order valence-corrected chi connectivity index (χ2v) is 11.0. The Hall–Kier alpha value is -3.49. The number of nitrogens with two attached hydrogens (primary N) is 1. The zero-order chi connectivity index (χ0) is 24.6. The highest BCUT2D eigenvalue weighted by Gasteiger charge is 2.32. The van der Waals surface area contributed by atoms with Gasteiger partial charge in [0.15, 0.2) is 0 Å². The van der Waals surface area contributed by atoms with Crippen molar-refractivity contribution in [1.82, 2.24) is 0 Å². The minimum Gasteiger partial charge on any atom is -0.396 e. The van der Waals surface area contributed by atoms with Crippen LogP contribution in [0.25, 0.3) is 0 Å². The Bertz CT molecular complexity index is 1490. The van der Waals surface area contributed by atoms with Crippen LogP contribution in [0.3, 0.4) is 0 Å². The minimum atomic E-state index is -4.05. The smallest absolute Gasteiger partial charge is 0.211 e. The van der Waals surface area contributed by atoms with E-state index in [0.29, 0.717) is 5.69 Å². The summed E-state index contributed by atoms with van der Waals surface area (Å²) >= 11 is 0.967. The minimum absolute atomic E-state index is 0.0737. The van der Waals surface area contributed by atoms with E-state index in [0.717, 1.165) is 28.0 Å². The third-order valence-corrected chi connectivity index (χ3v) is 8.55. The first kappa shape index (κ1) is 23.7. The van der Waals surface area contributed by atoms with Gasteiger partial charge >= 0.3 is 0 Å². The number of halogens is 1. The first-order valence-corrected chi connectivity index (χ1v) is 12.8. The Balaban J connectivity index is 1.89. The summed E-state index contributed by atoms with van der Waals surface area (Å²) in [7, 11) is -4.05. The number of nitrogens with one attached hydrogen (secondary N) is 1. The average molecular weight is 495 g/mol. The van der Waals surface area contributed by atoms with Crippen LogP contribution in [0, 0.1) is 26.6 Å². The third-order valence-electron chi connectivity index (χ3n) is 5.44. The number of aryl methyl sites for hydroxylation is 3. The van der Waals surface area contributed by atoms with Crippen LogP contribution in [0.15, 0.2) is 76.5 Å². The fourth-order valence-corrected chi connectivity index (χ4v) is 6.52. The number of anilines is 3. The molecule has 0 saturated carbocycles. The molecule has 3 N–H and O–H groups in total. The molecule has 0 spiro atoms. The van der Waals surface area contributed by atoms with Crippen molar-refractivity contribution in [2.24, 2.45) is 0 Å². The van der Waals surface area contributed by atoms with E-state index in [-0.39, 0.29) is 30.9 Å². The summed E-state index contributed by atoms with van der Waals surface area (Å²) in [5, 5.41) is 3.42. The normalized spacial score (nSPS) is 11.4. The summed E-state index contributed by atoms with van der Waals surface area (Å²) < 4.78 is 40.7. The molecule has 0 unspecified atom stereocenters. The van der Waals surface area contributed by atoms with Gasteiger partial charge in [-0.3, -0.25) is 4.79 Å². The molecule has 8 heteroatoms. The lowest BCUT2D eigenvalue weighted by atomic mass is 10.1. The number of hydrogen-bond donors (Lipinski definition) is 2. The fourth-order valence-electron chi connectivity index (χ4n) is 3.59. The number of carbonyl (C=O) groups is 1. The number of sulfone groups is 1. The fraction of sp³-hybridized carbons (Fsp3) is 0.115. The van der Waals surface area contributed by atoms with Crippen molar-refractivity contribution in [3.8, 4) is 0 Å². The van der Waals surface area contributed by atoms with Crippen LogP contribution in [0.1, 0.15) is 31.9 Å². The summed E-state index contributed by atoms with van der Waals surface area (Å²) in [6.07, 6.45) is 0. The summed E-state index contributed by atoms with van der Waals surface area (Å²) in [5.74, 6) is -0.952. The first-order valence-electron chi connectivity index (χ1n) is 10.5. The van der Waals surface area contributed by atoms with Crippen LogP contribution >= 0.6 is 11.3 Å². The van der Waals surface area contributed by atoms with Gasteiger partial charge in [-0.05, 0) is 68.8 Å². The molecule has 0 aliphatic carbocycles. The predicted molar refractivity (Wildman–Crippen MR) is 134 cm³/mol. The molecule has 0 aliphatic rings. The highest BCUT2D eigenvalue weighted by molar-refractivity contribution is 7.92. The monoisotopic (exact) mass is 494 g/mol. The number of thiophene rings is 1. The van der Waals surface area contributed by atoms with Crippen molar-refractivity contribution in [2.45, 2.75) is 30.6 Å². The van der Waals surface area contributed by atoms with Gasteiger partial charge in [-0.25, -0.2) is 12.8 Å². The summed E-state index contributed by atoms with van der Waals surface area (Å²) in [6, 6.07) is 17.2. The molecular formula is C26H23FN2O3S2. The average Bonchev–Trinajstić information content (AvgIpc) is 3.12. The maximum atomic E-state index is 13.7. The van der Waals surface area contributed by atoms with Crippen molar-refractivity contribution < 1.29 is 17.6 Å². The van der Waals surface area contributed by atoms with E-state index >= 15 is 0 Å². The molecule has 0 amide bonds. The van der Waals surface area contributed by atoms with Gasteiger partial charge in [0.2, 0.25) is 15.6 Å². The van der Waals surface area contributed by atoms with E-state index in [9.17, 15) is 17.6 Å². The molecule has 34 heavy (non-hydrogen) atoms. The third kappa shape index (κ3) is 4.47. The molecule has 0 bridgehead atoms. The van der Waals surface area contributed by atoms with E-state index in [1.807, 2.05) is 39.0 Å². The Morgan fingerprint density at radius 3 is 2.15 bits per heavy atom. The maximum Gasteiger partial charge on any atom is 0.211 e. The van der Waals surface area contributed by atoms with Crippen molar-refractivity contribution in [1.29, 1.82) is 0 Å². The lowest BCUT2D eigenvalue weighted by Gasteiger charge is -2.12. The molecule has 0 radical (unpaired) electrons. The van der Waals surface area contributed by atoms with Crippen molar-refractivity contribution in [3.63, 3.8) is 0 Å². The Labute approximate surface area is 202 Å². The van der Waals surface area contributed by atoms with Crippen molar-refractivity contribution in [2.75, 3.05) is 11.1 Å². The Morgan fingerprint density at radius 2 is 1.53 bits per heavy atom. The number of carbonyl (C=O) groups excluding carboxylic acids is 1. The molecule has 0 atom stereocenters. The number of benzene rings is 3. The standard InChI is InChI=1S/C26H23FN2O3S2/c1-15-4-11-20(12-5-15)34(31,32)25-22(28)24(23(30)18-7-9-19(27)10-8-18)33-26(25)29-21-13-6-16(2)14-17(21)3/h4-14,29H,28H2,1-3H3. The van der Waals surface area contributed by atoms with E-state index in [1.165, 1.54) is 36.4 Å². The van der Waals surface area contributed by atoms with Crippen LogP contribution in [-0.4, -0.2) is 14.2 Å². The number of rotatable bonds is 6. The number of nitrogen functional groups attached to an aromatic ring is 1. The summed E-state index contributed by atoms with van der Waals surface area (Å²) in [4.78, 5) is 13.2. The first-order chi connectivity index (χ1) is 16.1. The molecule has 3 aromatic carbocycles. The topological polar surface area (TPSA) is 89.3 Å².